The average molecular weight is 492 g/mol. The zero-order chi connectivity index (χ0) is 23.8. The van der Waals surface area contributed by atoms with E-state index in [1.54, 1.807) is 18.2 Å². The monoisotopic (exact) mass is 491 g/mol. The fourth-order valence-corrected chi connectivity index (χ4v) is 5.31. The highest BCUT2D eigenvalue weighted by molar-refractivity contribution is 7.92. The first kappa shape index (κ1) is 25.5. The fraction of sp³-hybridized carbons (Fsp3) is 0.480. The van der Waals surface area contributed by atoms with Gasteiger partial charge in [-0.2, -0.15) is 0 Å². The molecule has 33 heavy (non-hydrogen) atoms. The number of hydrogen-bond acceptors (Lipinski definition) is 4. The first-order chi connectivity index (χ1) is 15.7. The van der Waals surface area contributed by atoms with Crippen LogP contribution in [0.2, 0.25) is 5.02 Å². The molecule has 2 aromatic carbocycles. The van der Waals surface area contributed by atoms with E-state index in [2.05, 4.69) is 34.5 Å². The molecular formula is C25H34ClN3O3S. The molecule has 0 spiro atoms. The molecule has 1 fully saturated rings. The van der Waals surface area contributed by atoms with E-state index in [1.165, 1.54) is 48.5 Å². The van der Waals surface area contributed by atoms with Crippen molar-refractivity contribution in [3.8, 4) is 0 Å². The number of piperidine rings is 1. The fourth-order valence-electron chi connectivity index (χ4n) is 4.13. The van der Waals surface area contributed by atoms with Gasteiger partial charge in [-0.25, -0.2) is 8.42 Å². The molecule has 180 valence electrons. The average Bonchev–Trinajstić information content (AvgIpc) is 2.78. The van der Waals surface area contributed by atoms with Crippen LogP contribution in [0.1, 0.15) is 48.8 Å². The van der Waals surface area contributed by atoms with Crippen molar-refractivity contribution in [2.45, 2.75) is 52.1 Å². The van der Waals surface area contributed by atoms with Gasteiger partial charge in [-0.1, -0.05) is 48.4 Å². The molecule has 0 saturated carbocycles. The van der Waals surface area contributed by atoms with Crippen LogP contribution in [0.15, 0.2) is 42.5 Å². The van der Waals surface area contributed by atoms with Gasteiger partial charge in [-0.15, -0.1) is 0 Å². The molecule has 0 atom stereocenters. The molecule has 2 aromatic rings. The van der Waals surface area contributed by atoms with E-state index in [0.29, 0.717) is 23.7 Å². The Kier molecular flexibility index (Phi) is 9.18. The van der Waals surface area contributed by atoms with Gasteiger partial charge < -0.3 is 5.32 Å². The number of benzene rings is 2. The maximum absolute atomic E-state index is 12.3. The Morgan fingerprint density at radius 3 is 2.39 bits per heavy atom. The van der Waals surface area contributed by atoms with Crippen molar-refractivity contribution in [1.29, 1.82) is 0 Å². The van der Waals surface area contributed by atoms with Crippen molar-refractivity contribution in [3.05, 3.63) is 64.2 Å². The van der Waals surface area contributed by atoms with Crippen molar-refractivity contribution >= 4 is 33.2 Å². The van der Waals surface area contributed by atoms with Crippen LogP contribution in [0.5, 0.6) is 0 Å². The lowest BCUT2D eigenvalue weighted by atomic mass is 10.1. The Bertz CT molecular complexity index is 1040. The molecule has 8 heteroatoms. The zero-order valence-electron chi connectivity index (χ0n) is 19.5. The molecule has 1 amide bonds. The number of likely N-dealkylation sites (tertiary alicyclic amines) is 1. The van der Waals surface area contributed by atoms with Crippen LogP contribution in [0.3, 0.4) is 0 Å². The number of amides is 1. The van der Waals surface area contributed by atoms with Gasteiger partial charge >= 0.3 is 0 Å². The summed E-state index contributed by atoms with van der Waals surface area (Å²) < 4.78 is 26.0. The summed E-state index contributed by atoms with van der Waals surface area (Å²) in [5.41, 5.74) is 3.72. The highest BCUT2D eigenvalue weighted by Crippen LogP contribution is 2.26. The second kappa shape index (κ2) is 11.9. The van der Waals surface area contributed by atoms with Crippen LogP contribution in [0.25, 0.3) is 0 Å². The molecular weight excluding hydrogens is 458 g/mol. The Balaban J connectivity index is 1.46. The molecule has 6 nitrogen and oxygen atoms in total. The number of hydrogen-bond donors (Lipinski definition) is 1. The summed E-state index contributed by atoms with van der Waals surface area (Å²) in [6, 6.07) is 13.6. The van der Waals surface area contributed by atoms with Crippen LogP contribution >= 0.6 is 11.6 Å². The summed E-state index contributed by atoms with van der Waals surface area (Å²) >= 11 is 6.07. The van der Waals surface area contributed by atoms with Crippen LogP contribution in [0.4, 0.5) is 5.69 Å². The number of nitrogens with zero attached hydrogens (tertiary/aromatic N) is 2. The largest absolute Gasteiger partial charge is 0.352 e. The standard InChI is InChI=1S/C25H34ClN3O3S/c1-20-8-13-23(26)17-24(20)29(33(2,31)32)16-6-7-25(30)27-18-21-9-11-22(12-10-21)19-28-14-4-3-5-15-28/h8-13,17H,3-7,14-16,18-19H2,1-2H3,(H,27,30). The van der Waals surface area contributed by atoms with Crippen LogP contribution < -0.4 is 9.62 Å². The van der Waals surface area contributed by atoms with Gasteiger partial charge in [-0.3, -0.25) is 14.0 Å². The highest BCUT2D eigenvalue weighted by Gasteiger charge is 2.20. The summed E-state index contributed by atoms with van der Waals surface area (Å²) in [7, 11) is -3.49. The van der Waals surface area contributed by atoms with Gasteiger partial charge in [0.15, 0.2) is 0 Å². The SMILES string of the molecule is Cc1ccc(Cl)cc1N(CCCC(=O)NCc1ccc(CN2CCCCC2)cc1)S(C)(=O)=O. The lowest BCUT2D eigenvalue weighted by Gasteiger charge is -2.26. The lowest BCUT2D eigenvalue weighted by molar-refractivity contribution is -0.121. The molecule has 0 unspecified atom stereocenters. The number of halogens is 1. The number of rotatable bonds is 10. The van der Waals surface area contributed by atoms with E-state index < -0.39 is 10.0 Å². The third kappa shape index (κ3) is 8.02. The van der Waals surface area contributed by atoms with Crippen molar-refractivity contribution in [3.63, 3.8) is 0 Å². The molecule has 1 aliphatic heterocycles. The Morgan fingerprint density at radius 2 is 1.73 bits per heavy atom. The Labute approximate surface area is 203 Å². The smallest absolute Gasteiger partial charge is 0.232 e. The van der Waals surface area contributed by atoms with Crippen LogP contribution in [-0.4, -0.2) is 45.1 Å². The minimum atomic E-state index is -3.49. The molecule has 1 heterocycles. The Morgan fingerprint density at radius 1 is 1.06 bits per heavy atom. The summed E-state index contributed by atoms with van der Waals surface area (Å²) in [4.78, 5) is 14.8. The number of aryl methyl sites for hydroxylation is 1. The minimum absolute atomic E-state index is 0.0938. The van der Waals surface area contributed by atoms with Gasteiger partial charge in [0.25, 0.3) is 0 Å². The number of anilines is 1. The molecule has 1 saturated heterocycles. The van der Waals surface area contributed by atoms with E-state index in [1.807, 2.05) is 6.92 Å². The van der Waals surface area contributed by atoms with Gasteiger partial charge in [0.1, 0.15) is 0 Å². The molecule has 0 aromatic heterocycles. The molecule has 1 aliphatic rings. The maximum Gasteiger partial charge on any atom is 0.232 e. The second-order valence-electron chi connectivity index (χ2n) is 8.80. The summed E-state index contributed by atoms with van der Waals surface area (Å²) in [5.74, 6) is -0.0938. The molecule has 0 aliphatic carbocycles. The van der Waals surface area contributed by atoms with E-state index in [4.69, 9.17) is 11.6 Å². The summed E-state index contributed by atoms with van der Waals surface area (Å²) in [6.07, 6.45) is 5.73. The Hall–Kier alpha value is -2.09. The predicted molar refractivity (Wildman–Crippen MR) is 135 cm³/mol. The topological polar surface area (TPSA) is 69.7 Å². The molecule has 1 N–H and O–H groups in total. The van der Waals surface area contributed by atoms with Crippen molar-refractivity contribution in [1.82, 2.24) is 10.2 Å². The highest BCUT2D eigenvalue weighted by atomic mass is 35.5. The maximum atomic E-state index is 12.3. The second-order valence-corrected chi connectivity index (χ2v) is 11.1. The lowest BCUT2D eigenvalue weighted by Crippen LogP contribution is -2.32. The number of carbonyl (C=O) groups is 1. The minimum Gasteiger partial charge on any atom is -0.352 e. The van der Waals surface area contributed by atoms with Crippen LogP contribution in [-0.2, 0) is 27.9 Å². The van der Waals surface area contributed by atoms with Gasteiger partial charge in [0.2, 0.25) is 15.9 Å². The first-order valence-electron chi connectivity index (χ1n) is 11.5. The van der Waals surface area contributed by atoms with Crippen molar-refractivity contribution < 1.29 is 13.2 Å². The number of carbonyl (C=O) groups excluding carboxylic acids is 1. The molecule has 0 radical (unpaired) electrons. The van der Waals surface area contributed by atoms with Crippen LogP contribution in [0, 0.1) is 6.92 Å². The van der Waals surface area contributed by atoms with Gasteiger partial charge in [0, 0.05) is 31.1 Å². The van der Waals surface area contributed by atoms with E-state index in [9.17, 15) is 13.2 Å². The van der Waals surface area contributed by atoms with Gasteiger partial charge in [-0.05, 0) is 68.1 Å². The summed E-state index contributed by atoms with van der Waals surface area (Å²) in [6.45, 7) is 5.85. The van der Waals surface area contributed by atoms with E-state index in [0.717, 1.165) is 17.7 Å². The third-order valence-corrected chi connectivity index (χ3v) is 7.39. The third-order valence-electron chi connectivity index (χ3n) is 5.97. The van der Waals surface area contributed by atoms with Crippen molar-refractivity contribution in [2.75, 3.05) is 30.2 Å². The first-order valence-corrected chi connectivity index (χ1v) is 13.8. The quantitative estimate of drug-likeness (QED) is 0.531. The summed E-state index contributed by atoms with van der Waals surface area (Å²) in [5, 5.41) is 3.41. The molecule has 3 rings (SSSR count). The number of sulfonamides is 1. The molecule has 0 bridgehead atoms. The van der Waals surface area contributed by atoms with Gasteiger partial charge in [0.05, 0.1) is 11.9 Å². The zero-order valence-corrected chi connectivity index (χ0v) is 21.1. The normalized spacial score (nSPS) is 14.8. The van der Waals surface area contributed by atoms with Crippen molar-refractivity contribution in [2.24, 2.45) is 0 Å². The van der Waals surface area contributed by atoms with E-state index in [-0.39, 0.29) is 18.9 Å². The van der Waals surface area contributed by atoms with E-state index >= 15 is 0 Å². The predicted octanol–water partition coefficient (Wildman–Crippen LogP) is 4.50. The number of nitrogens with one attached hydrogen (secondary N) is 1.